The topological polar surface area (TPSA) is 67.2 Å². The Balaban J connectivity index is 1.41. The molecule has 0 aliphatic carbocycles. The quantitative estimate of drug-likeness (QED) is 0.380. The van der Waals surface area contributed by atoms with Gasteiger partial charge in [0, 0.05) is 23.5 Å². The third kappa shape index (κ3) is 4.55. The van der Waals surface area contributed by atoms with Crippen molar-refractivity contribution in [2.45, 2.75) is 24.9 Å². The van der Waals surface area contributed by atoms with Gasteiger partial charge in [0.15, 0.2) is 0 Å². The molecule has 182 valence electrons. The van der Waals surface area contributed by atoms with Crippen LogP contribution in [0.1, 0.15) is 16.7 Å². The number of thioether (sulfide) groups is 1. The second kappa shape index (κ2) is 8.96. The van der Waals surface area contributed by atoms with Gasteiger partial charge in [-0.2, -0.15) is 18.3 Å². The summed E-state index contributed by atoms with van der Waals surface area (Å²) in [5, 5.41) is 7.17. The van der Waals surface area contributed by atoms with E-state index in [1.807, 2.05) is 0 Å². The lowest BCUT2D eigenvalue weighted by Crippen LogP contribution is -2.44. The molecular weight excluding hydrogens is 508 g/mol. The van der Waals surface area contributed by atoms with Crippen molar-refractivity contribution in [3.05, 3.63) is 69.2 Å². The van der Waals surface area contributed by atoms with Crippen molar-refractivity contribution in [2.24, 2.45) is 0 Å². The van der Waals surface area contributed by atoms with Gasteiger partial charge in [-0.05, 0) is 53.2 Å². The maximum Gasteiger partial charge on any atom is 0.416 e. The molecule has 0 radical (unpaired) electrons. The molecule has 2 fully saturated rings. The highest BCUT2D eigenvalue weighted by atomic mass is 35.5. The highest BCUT2D eigenvalue weighted by molar-refractivity contribution is 8.18. The minimum Gasteiger partial charge on any atom is -0.312 e. The number of alkyl halides is 4. The van der Waals surface area contributed by atoms with E-state index in [1.54, 1.807) is 18.2 Å². The van der Waals surface area contributed by atoms with E-state index in [9.17, 15) is 27.2 Å². The third-order valence-electron chi connectivity index (χ3n) is 5.93. The van der Waals surface area contributed by atoms with Crippen molar-refractivity contribution in [1.29, 1.82) is 0 Å². The molecule has 5 rings (SSSR count). The summed E-state index contributed by atoms with van der Waals surface area (Å²) in [6.07, 6.45) is -2.82. The summed E-state index contributed by atoms with van der Waals surface area (Å²) in [4.78, 5) is 26.3. The van der Waals surface area contributed by atoms with Crippen LogP contribution in [0.15, 0.2) is 47.5 Å². The molecule has 1 aromatic heterocycles. The zero-order valence-corrected chi connectivity index (χ0v) is 19.4. The molecule has 1 N–H and O–H groups in total. The van der Waals surface area contributed by atoms with Crippen molar-refractivity contribution < 1.29 is 27.2 Å². The van der Waals surface area contributed by atoms with Crippen molar-refractivity contribution in [3.8, 4) is 0 Å². The highest BCUT2D eigenvalue weighted by Gasteiger charge is 2.44. The predicted molar refractivity (Wildman–Crippen MR) is 125 cm³/mol. The summed E-state index contributed by atoms with van der Waals surface area (Å²) in [5.41, 5.74) is 0.396. The number of hydrogen-bond acceptors (Lipinski definition) is 5. The first kappa shape index (κ1) is 23.8. The maximum atomic E-state index is 14.1. The fraction of sp³-hybridized carbons (Fsp3) is 0.261. The van der Waals surface area contributed by atoms with Crippen LogP contribution in [0.2, 0.25) is 5.02 Å². The van der Waals surface area contributed by atoms with E-state index in [0.29, 0.717) is 16.5 Å². The van der Waals surface area contributed by atoms with Crippen LogP contribution in [-0.2, 0) is 17.5 Å². The lowest BCUT2D eigenvalue weighted by molar-refractivity contribution is -0.138. The van der Waals surface area contributed by atoms with Crippen LogP contribution >= 0.6 is 23.4 Å². The molecule has 6 nitrogen and oxygen atoms in total. The molecule has 0 unspecified atom stereocenters. The first-order chi connectivity index (χ1) is 16.6. The number of carbonyl (C=O) groups excluding carboxylic acids is 2. The molecule has 2 amide bonds. The zero-order valence-electron chi connectivity index (χ0n) is 17.9. The molecule has 2 atom stereocenters. The van der Waals surface area contributed by atoms with Crippen LogP contribution < -0.4 is 5.32 Å². The Hall–Kier alpha value is -2.89. The first-order valence-corrected chi connectivity index (χ1v) is 11.7. The maximum absolute atomic E-state index is 14.1. The molecule has 2 aromatic carbocycles. The van der Waals surface area contributed by atoms with Gasteiger partial charge in [-0.3, -0.25) is 19.2 Å². The summed E-state index contributed by atoms with van der Waals surface area (Å²) in [5.74, 6) is -0.547. The van der Waals surface area contributed by atoms with Gasteiger partial charge in [0.25, 0.3) is 11.1 Å². The van der Waals surface area contributed by atoms with Crippen LogP contribution in [0.5, 0.6) is 0 Å². The second-order valence-electron chi connectivity index (χ2n) is 8.21. The van der Waals surface area contributed by atoms with Crippen molar-refractivity contribution >= 4 is 51.5 Å². The normalized spacial score (nSPS) is 22.2. The molecule has 2 aliphatic heterocycles. The Kier molecular flexibility index (Phi) is 6.10. The number of nitrogens with one attached hydrogen (secondary N) is 1. The molecule has 0 saturated carbocycles. The van der Waals surface area contributed by atoms with Crippen molar-refractivity contribution in [2.75, 3.05) is 13.1 Å². The minimum absolute atomic E-state index is 0.00770. The van der Waals surface area contributed by atoms with Crippen molar-refractivity contribution in [1.82, 2.24) is 20.0 Å². The van der Waals surface area contributed by atoms with Gasteiger partial charge in [-0.1, -0.05) is 23.7 Å². The minimum atomic E-state index is -4.56. The van der Waals surface area contributed by atoms with Gasteiger partial charge in [0.2, 0.25) is 0 Å². The zero-order chi connectivity index (χ0) is 24.9. The van der Waals surface area contributed by atoms with Gasteiger partial charge >= 0.3 is 6.18 Å². The van der Waals surface area contributed by atoms with E-state index >= 15 is 0 Å². The van der Waals surface area contributed by atoms with Crippen molar-refractivity contribution in [3.63, 3.8) is 0 Å². The molecule has 2 saturated heterocycles. The average Bonchev–Trinajstić information content (AvgIpc) is 3.46. The highest BCUT2D eigenvalue weighted by Crippen LogP contribution is 2.36. The third-order valence-corrected chi connectivity index (χ3v) is 7.05. The number of rotatable bonds is 4. The molecule has 12 heteroatoms. The molecule has 2 aliphatic rings. The Morgan fingerprint density at radius 1 is 1.17 bits per heavy atom. The average molecular weight is 525 g/mol. The van der Waals surface area contributed by atoms with E-state index in [-0.39, 0.29) is 35.1 Å². The lowest BCUT2D eigenvalue weighted by Gasteiger charge is -2.21. The first-order valence-electron chi connectivity index (χ1n) is 10.5. The molecular formula is C23H17ClF4N4O2S. The number of amides is 2. The van der Waals surface area contributed by atoms with Crippen LogP contribution in [0.4, 0.5) is 22.4 Å². The molecule has 0 spiro atoms. The number of halogens is 5. The fourth-order valence-corrected chi connectivity index (χ4v) is 5.29. The Morgan fingerprint density at radius 2 is 1.97 bits per heavy atom. The van der Waals surface area contributed by atoms with E-state index in [2.05, 4.69) is 10.4 Å². The molecule has 3 heterocycles. The largest absolute Gasteiger partial charge is 0.416 e. The number of aromatic nitrogens is 2. The number of imide groups is 1. The SMILES string of the molecule is O=C1S/C(=C\c2ccc3c(cnn3Cc3ccc(Cl)cc3C(F)(F)F)c2)C(=O)N1[C@H]1CNC[C@@H]1F. The van der Waals surface area contributed by atoms with E-state index < -0.39 is 35.1 Å². The van der Waals surface area contributed by atoms with Gasteiger partial charge in [-0.15, -0.1) is 0 Å². The second-order valence-corrected chi connectivity index (χ2v) is 9.64. The summed E-state index contributed by atoms with van der Waals surface area (Å²) < 4.78 is 55.9. The summed E-state index contributed by atoms with van der Waals surface area (Å²) in [6.45, 7) is 0.182. The number of fused-ring (bicyclic) bond motifs is 1. The molecule has 35 heavy (non-hydrogen) atoms. The van der Waals surface area contributed by atoms with Crippen LogP contribution in [-0.4, -0.2) is 51.1 Å². The fourth-order valence-electron chi connectivity index (χ4n) is 4.24. The lowest BCUT2D eigenvalue weighted by atomic mass is 10.1. The number of carbonyl (C=O) groups is 2. The predicted octanol–water partition coefficient (Wildman–Crippen LogP) is 5.10. The van der Waals surface area contributed by atoms with E-state index in [0.717, 1.165) is 22.7 Å². The smallest absolute Gasteiger partial charge is 0.312 e. The number of hydrogen-bond donors (Lipinski definition) is 1. The number of benzene rings is 2. The summed E-state index contributed by atoms with van der Waals surface area (Å²) >= 11 is 6.51. The van der Waals surface area contributed by atoms with Crippen LogP contribution in [0.25, 0.3) is 17.0 Å². The Labute approximate surface area is 205 Å². The van der Waals surface area contributed by atoms with E-state index in [4.69, 9.17) is 11.6 Å². The summed E-state index contributed by atoms with van der Waals surface area (Å²) in [6, 6.07) is 7.86. The van der Waals surface area contributed by atoms with Crippen LogP contribution in [0, 0.1) is 0 Å². The van der Waals surface area contributed by atoms with Gasteiger partial charge in [-0.25, -0.2) is 4.39 Å². The monoisotopic (exact) mass is 524 g/mol. The van der Waals surface area contributed by atoms with Gasteiger partial charge in [0.05, 0.1) is 34.8 Å². The van der Waals surface area contributed by atoms with Gasteiger partial charge in [0.1, 0.15) is 6.17 Å². The molecule has 3 aromatic rings. The Bertz CT molecular complexity index is 1370. The molecule has 0 bridgehead atoms. The Morgan fingerprint density at radius 3 is 2.69 bits per heavy atom. The van der Waals surface area contributed by atoms with E-state index in [1.165, 1.54) is 29.1 Å². The van der Waals surface area contributed by atoms with Gasteiger partial charge < -0.3 is 5.32 Å². The summed E-state index contributed by atoms with van der Waals surface area (Å²) in [7, 11) is 0. The standard InChI is InChI=1S/C23H17ClF4N4O2S/c24-15-3-2-13(16(7-15)23(26,27)28)11-31-18-4-1-12(5-14(18)8-30-31)6-20-21(33)32(22(34)35-20)19-10-29-9-17(19)25/h1-8,17,19,29H,9-11H2/b20-6-/t17-,19-/m0/s1. The number of nitrogens with zero attached hydrogens (tertiary/aromatic N) is 3. The van der Waals surface area contributed by atoms with Crippen LogP contribution in [0.3, 0.4) is 0 Å².